The van der Waals surface area contributed by atoms with Gasteiger partial charge in [-0.1, -0.05) is 58.5 Å². The predicted octanol–water partition coefficient (Wildman–Crippen LogP) is 3.35. The van der Waals surface area contributed by atoms with E-state index < -0.39 is 23.5 Å². The summed E-state index contributed by atoms with van der Waals surface area (Å²) < 4.78 is 5.42. The van der Waals surface area contributed by atoms with Gasteiger partial charge in [0.2, 0.25) is 11.8 Å². The molecular weight excluding hydrogens is 346 g/mol. The molecule has 1 heterocycles. The number of aliphatic hydroxyl groups is 1. The largest absolute Gasteiger partial charge is 0.383 e. The number of nitrogens with zero attached hydrogens (tertiary/aromatic N) is 1. The van der Waals surface area contributed by atoms with Crippen LogP contribution in [0.4, 0.5) is 5.82 Å². The molecule has 2 amide bonds. The van der Waals surface area contributed by atoms with E-state index in [4.69, 9.17) is 4.52 Å². The number of carbonyl (C=O) groups is 2. The van der Waals surface area contributed by atoms with Crippen LogP contribution in [0, 0.1) is 5.41 Å². The van der Waals surface area contributed by atoms with Crippen LogP contribution in [0.2, 0.25) is 0 Å². The first-order valence-corrected chi connectivity index (χ1v) is 9.98. The lowest BCUT2D eigenvalue weighted by Crippen LogP contribution is -2.50. The van der Waals surface area contributed by atoms with Gasteiger partial charge >= 0.3 is 0 Å². The molecular formula is C20H33N3O4. The number of hydrogen-bond acceptors (Lipinski definition) is 5. The molecule has 1 aromatic heterocycles. The van der Waals surface area contributed by atoms with Crippen LogP contribution in [0.25, 0.3) is 0 Å². The lowest BCUT2D eigenvalue weighted by Gasteiger charge is -2.26. The maximum atomic E-state index is 12.6. The Morgan fingerprint density at radius 2 is 1.93 bits per heavy atom. The first-order valence-electron chi connectivity index (χ1n) is 9.98. The van der Waals surface area contributed by atoms with E-state index in [1.54, 1.807) is 26.8 Å². The molecule has 2 unspecified atom stereocenters. The molecule has 0 spiro atoms. The first kappa shape index (κ1) is 21.4. The summed E-state index contributed by atoms with van der Waals surface area (Å²) in [4.78, 5) is 24.9. The van der Waals surface area contributed by atoms with Crippen molar-refractivity contribution in [3.05, 3.63) is 11.8 Å². The zero-order valence-corrected chi connectivity index (χ0v) is 16.9. The highest BCUT2D eigenvalue weighted by molar-refractivity contribution is 5.97. The van der Waals surface area contributed by atoms with Crippen LogP contribution in [-0.4, -0.2) is 34.2 Å². The van der Waals surface area contributed by atoms with E-state index >= 15 is 0 Å². The topological polar surface area (TPSA) is 104 Å². The van der Waals surface area contributed by atoms with Crippen LogP contribution in [-0.2, 0) is 9.59 Å². The standard InChI is InChI=1S/C20H33N3O4/c1-5-9-14(21-19(26)17(24)20(2,3)4)18(25)22-16-12-15(27-23-16)13-10-7-6-8-11-13/h12-14,17,24H,5-11H2,1-4H3,(H,21,26)(H,22,23,25). The van der Waals surface area contributed by atoms with Gasteiger partial charge in [-0.15, -0.1) is 0 Å². The molecule has 2 rings (SSSR count). The molecule has 0 radical (unpaired) electrons. The van der Waals surface area contributed by atoms with Crippen LogP contribution in [0.3, 0.4) is 0 Å². The second-order valence-electron chi connectivity index (χ2n) is 8.56. The van der Waals surface area contributed by atoms with Crippen LogP contribution in [0.5, 0.6) is 0 Å². The van der Waals surface area contributed by atoms with E-state index in [9.17, 15) is 14.7 Å². The second kappa shape index (κ2) is 9.35. The third-order valence-corrected chi connectivity index (χ3v) is 5.07. The van der Waals surface area contributed by atoms with Gasteiger partial charge < -0.3 is 20.3 Å². The average molecular weight is 380 g/mol. The zero-order valence-electron chi connectivity index (χ0n) is 16.9. The number of nitrogens with one attached hydrogen (secondary N) is 2. The van der Waals surface area contributed by atoms with Gasteiger partial charge in [-0.05, 0) is 24.7 Å². The van der Waals surface area contributed by atoms with E-state index in [1.165, 1.54) is 19.3 Å². The van der Waals surface area contributed by atoms with Crippen molar-refractivity contribution >= 4 is 17.6 Å². The van der Waals surface area contributed by atoms with Crippen molar-refractivity contribution in [2.45, 2.75) is 90.7 Å². The van der Waals surface area contributed by atoms with E-state index in [-0.39, 0.29) is 5.91 Å². The van der Waals surface area contributed by atoms with E-state index in [0.717, 1.165) is 25.0 Å². The Hall–Kier alpha value is -1.89. The normalized spacial score (nSPS) is 18.0. The maximum absolute atomic E-state index is 12.6. The minimum absolute atomic E-state index is 0.352. The summed E-state index contributed by atoms with van der Waals surface area (Å²) >= 11 is 0. The molecule has 1 aromatic rings. The van der Waals surface area contributed by atoms with Crippen LogP contribution in [0.1, 0.15) is 84.3 Å². The fraction of sp³-hybridized carbons (Fsp3) is 0.750. The number of aliphatic hydroxyl groups excluding tert-OH is 1. The maximum Gasteiger partial charge on any atom is 0.250 e. The van der Waals surface area contributed by atoms with Crippen molar-refractivity contribution in [1.29, 1.82) is 0 Å². The highest BCUT2D eigenvalue weighted by Crippen LogP contribution is 2.33. The third kappa shape index (κ3) is 6.06. The molecule has 0 aliphatic heterocycles. The van der Waals surface area contributed by atoms with Crippen LogP contribution < -0.4 is 10.6 Å². The lowest BCUT2D eigenvalue weighted by atomic mass is 9.87. The molecule has 7 nitrogen and oxygen atoms in total. The first-order chi connectivity index (χ1) is 12.7. The number of hydrogen-bond donors (Lipinski definition) is 3. The summed E-state index contributed by atoms with van der Waals surface area (Å²) in [7, 11) is 0. The molecule has 2 atom stereocenters. The Morgan fingerprint density at radius 1 is 1.26 bits per heavy atom. The zero-order chi connectivity index (χ0) is 20.0. The van der Waals surface area contributed by atoms with Crippen molar-refractivity contribution in [2.75, 3.05) is 5.32 Å². The van der Waals surface area contributed by atoms with Gasteiger partial charge in [-0.25, -0.2) is 0 Å². The van der Waals surface area contributed by atoms with Gasteiger partial charge in [-0.2, -0.15) is 0 Å². The van der Waals surface area contributed by atoms with Crippen molar-refractivity contribution in [3.63, 3.8) is 0 Å². The summed E-state index contributed by atoms with van der Waals surface area (Å²) in [6, 6.07) is 1.05. The van der Waals surface area contributed by atoms with Gasteiger partial charge in [-0.3, -0.25) is 9.59 Å². The van der Waals surface area contributed by atoms with E-state index in [2.05, 4.69) is 15.8 Å². The number of aromatic nitrogens is 1. The van der Waals surface area contributed by atoms with Crippen molar-refractivity contribution in [2.24, 2.45) is 5.41 Å². The quantitative estimate of drug-likeness (QED) is 0.674. The minimum Gasteiger partial charge on any atom is -0.383 e. The Kier molecular flexibility index (Phi) is 7.41. The number of carbonyl (C=O) groups excluding carboxylic acids is 2. The molecule has 0 aromatic carbocycles. The van der Waals surface area contributed by atoms with E-state index in [1.807, 2.05) is 6.92 Å². The van der Waals surface area contributed by atoms with Gasteiger partial charge in [0.1, 0.15) is 17.9 Å². The lowest BCUT2D eigenvalue weighted by molar-refractivity contribution is -0.137. The minimum atomic E-state index is -1.19. The molecule has 0 saturated heterocycles. The molecule has 7 heteroatoms. The molecule has 1 fully saturated rings. The predicted molar refractivity (Wildman–Crippen MR) is 103 cm³/mol. The molecule has 1 saturated carbocycles. The third-order valence-electron chi connectivity index (χ3n) is 5.07. The Balaban J connectivity index is 1.98. The second-order valence-corrected chi connectivity index (χ2v) is 8.56. The van der Waals surface area contributed by atoms with Crippen molar-refractivity contribution < 1.29 is 19.2 Å². The van der Waals surface area contributed by atoms with Crippen LogP contribution in [0.15, 0.2) is 10.6 Å². The van der Waals surface area contributed by atoms with Crippen molar-refractivity contribution in [3.8, 4) is 0 Å². The molecule has 1 aliphatic rings. The number of rotatable bonds is 7. The smallest absolute Gasteiger partial charge is 0.250 e. The fourth-order valence-corrected chi connectivity index (χ4v) is 3.34. The highest BCUT2D eigenvalue weighted by Gasteiger charge is 2.32. The van der Waals surface area contributed by atoms with Crippen molar-refractivity contribution in [1.82, 2.24) is 10.5 Å². The summed E-state index contributed by atoms with van der Waals surface area (Å²) in [6.45, 7) is 7.25. The summed E-state index contributed by atoms with van der Waals surface area (Å²) in [5.41, 5.74) is -0.599. The monoisotopic (exact) mass is 379 g/mol. The van der Waals surface area contributed by atoms with Gasteiger partial charge in [0.25, 0.3) is 0 Å². The highest BCUT2D eigenvalue weighted by atomic mass is 16.5. The fourth-order valence-electron chi connectivity index (χ4n) is 3.34. The molecule has 27 heavy (non-hydrogen) atoms. The Labute approximate surface area is 161 Å². The average Bonchev–Trinajstić information content (AvgIpc) is 3.09. The number of anilines is 1. The van der Waals surface area contributed by atoms with Gasteiger partial charge in [0.15, 0.2) is 5.82 Å². The summed E-state index contributed by atoms with van der Waals surface area (Å²) in [5.74, 6) is 0.649. The van der Waals surface area contributed by atoms with Gasteiger partial charge in [0, 0.05) is 12.0 Å². The van der Waals surface area contributed by atoms with E-state index in [0.29, 0.717) is 18.2 Å². The Morgan fingerprint density at radius 3 is 2.52 bits per heavy atom. The molecule has 1 aliphatic carbocycles. The molecule has 152 valence electrons. The summed E-state index contributed by atoms with van der Waals surface area (Å²) in [6.07, 6.45) is 5.81. The van der Waals surface area contributed by atoms with Gasteiger partial charge in [0.05, 0.1) is 0 Å². The van der Waals surface area contributed by atoms with Crippen LogP contribution >= 0.6 is 0 Å². The molecule has 3 N–H and O–H groups in total. The summed E-state index contributed by atoms with van der Waals surface area (Å²) in [5, 5.41) is 19.5. The number of amides is 2. The SMILES string of the molecule is CCCC(NC(=O)C(O)C(C)(C)C)C(=O)Nc1cc(C2CCCCC2)on1. The Bertz CT molecular complexity index is 629. The molecule has 0 bridgehead atoms.